The first-order valence-electron chi connectivity index (χ1n) is 12.1. The predicted molar refractivity (Wildman–Crippen MR) is 139 cm³/mol. The topological polar surface area (TPSA) is 84.0 Å². The summed E-state index contributed by atoms with van der Waals surface area (Å²) >= 11 is -2.81. The second kappa shape index (κ2) is 8.05. The molecule has 178 valence electrons. The van der Waals surface area contributed by atoms with Crippen molar-refractivity contribution in [2.24, 2.45) is 0 Å². The summed E-state index contributed by atoms with van der Waals surface area (Å²) in [5, 5.41) is 29.7. The first-order valence-corrected chi connectivity index (χ1v) is 18.4. The van der Waals surface area contributed by atoms with Crippen molar-refractivity contribution < 1.29 is 24.7 Å². The van der Waals surface area contributed by atoms with Gasteiger partial charge in [0.05, 0.1) is 0 Å². The van der Waals surface area contributed by atoms with Crippen LogP contribution in [-0.2, 0) is 0 Å². The van der Waals surface area contributed by atoms with Gasteiger partial charge in [0.15, 0.2) is 0 Å². The molecule has 2 aromatic carbocycles. The van der Waals surface area contributed by atoms with Crippen LogP contribution in [0.5, 0.6) is 0 Å². The molecule has 1 aliphatic carbocycles. The van der Waals surface area contributed by atoms with Crippen LogP contribution in [0.3, 0.4) is 0 Å². The van der Waals surface area contributed by atoms with Crippen molar-refractivity contribution in [3.63, 3.8) is 0 Å². The van der Waals surface area contributed by atoms with Crippen LogP contribution < -0.4 is 9.30 Å². The van der Waals surface area contributed by atoms with Gasteiger partial charge in [0, 0.05) is 0 Å². The van der Waals surface area contributed by atoms with E-state index in [9.17, 15) is 20.1 Å². The molecule has 0 aromatic heterocycles. The molecule has 2 fully saturated rings. The molecule has 7 heteroatoms. The Balaban J connectivity index is 1.60. The third-order valence-corrected chi connectivity index (χ3v) is 15.2. The Morgan fingerprint density at radius 1 is 1.00 bits per heavy atom. The van der Waals surface area contributed by atoms with Gasteiger partial charge in [-0.3, -0.25) is 0 Å². The number of β-amino-alcohol motifs (C(OH)–C–C–N with tert-alkyl or cyclic N) is 2. The molecule has 0 atom stereocenters. The first kappa shape index (κ1) is 22.5. The normalized spacial score (nSPS) is 22.8. The summed E-state index contributed by atoms with van der Waals surface area (Å²) < 4.78 is 4.85. The van der Waals surface area contributed by atoms with E-state index in [4.69, 9.17) is 0 Å². The van der Waals surface area contributed by atoms with E-state index in [0.29, 0.717) is 31.7 Å². The molecule has 0 saturated carbocycles. The molecule has 6 nitrogen and oxygen atoms in total. The van der Waals surface area contributed by atoms with Gasteiger partial charge in [-0.25, -0.2) is 0 Å². The molecular weight excluding hydrogens is 501 g/mol. The van der Waals surface area contributed by atoms with Gasteiger partial charge in [0.25, 0.3) is 0 Å². The van der Waals surface area contributed by atoms with E-state index in [1.54, 1.807) is 12.1 Å². The number of hydrogen-bond donors (Lipinski definition) is 3. The molecule has 4 aliphatic rings. The fraction of sp³-hybridized carbons (Fsp3) is 0.286. The fourth-order valence-electron chi connectivity index (χ4n) is 5.73. The van der Waals surface area contributed by atoms with Gasteiger partial charge in [-0.05, 0) is 0 Å². The number of carboxylic acid groups (broad SMARTS) is 1. The van der Waals surface area contributed by atoms with Crippen LogP contribution >= 0.6 is 0 Å². The van der Waals surface area contributed by atoms with E-state index in [1.807, 2.05) is 12.1 Å². The average Bonchev–Trinajstić information content (AvgIpc) is 2.80. The third-order valence-electron chi connectivity index (χ3n) is 7.77. The van der Waals surface area contributed by atoms with Crippen molar-refractivity contribution in [1.29, 1.82) is 0 Å². The molecule has 0 radical (unpaired) electrons. The molecule has 3 aliphatic heterocycles. The minimum absolute atomic E-state index is 0.277. The van der Waals surface area contributed by atoms with Crippen molar-refractivity contribution >= 4 is 40.6 Å². The molecular formula is C28H29GeN2O4+. The second-order valence-electron chi connectivity index (χ2n) is 10.4. The molecule has 0 amide bonds. The average molecular weight is 530 g/mol. The summed E-state index contributed by atoms with van der Waals surface area (Å²) in [6.07, 6.45) is 5.99. The van der Waals surface area contributed by atoms with Crippen LogP contribution in [0.25, 0.3) is 5.57 Å². The summed E-state index contributed by atoms with van der Waals surface area (Å²) in [7, 11) is 0. The van der Waals surface area contributed by atoms with Gasteiger partial charge in [-0.1, -0.05) is 0 Å². The molecule has 3 N–H and O–H groups in total. The number of aromatic carboxylic acids is 1. The number of nitrogens with zero attached hydrogens (tertiary/aromatic N) is 2. The van der Waals surface area contributed by atoms with Crippen LogP contribution in [0, 0.1) is 0 Å². The Kier molecular flexibility index (Phi) is 5.18. The Labute approximate surface area is 207 Å². The molecule has 3 heterocycles. The predicted octanol–water partition coefficient (Wildman–Crippen LogP) is 2.16. The molecule has 0 bridgehead atoms. The maximum atomic E-state index is 12.2. The summed E-state index contributed by atoms with van der Waals surface area (Å²) in [6, 6.07) is 13.8. The van der Waals surface area contributed by atoms with Crippen molar-refractivity contribution in [2.75, 3.05) is 31.1 Å². The monoisotopic (exact) mass is 531 g/mol. The molecule has 2 aromatic rings. The Morgan fingerprint density at radius 2 is 1.74 bits per heavy atom. The van der Waals surface area contributed by atoms with Crippen molar-refractivity contribution in [1.82, 2.24) is 0 Å². The van der Waals surface area contributed by atoms with Crippen LogP contribution in [0.1, 0.15) is 21.5 Å². The Bertz CT molecular complexity index is 1390. The summed E-state index contributed by atoms with van der Waals surface area (Å²) in [4.78, 5) is 14.4. The standard InChI is InChI=1S/C28H28GeN2O4/c1-29(2)25-11-17(30-13-19(32)14-30)7-9-23(25)27(21-5-3-4-6-22(21)28(34)35)24-10-8-18(12-26(24)29)31-15-20(33)16-31/h3-12,19-20,32-33H,13-16H2,1-2H3/p+1. The SMILES string of the molecule is [CH3][Ge]1([CH3])[C]2=CC(=[N+]3CC(O)C3)C=CC2=C(c2ccccc2C(=O)O)c2ccc(N3CC(O)C3)c[c]21. The quantitative estimate of drug-likeness (QED) is 0.419. The number of hydrogen-bond acceptors (Lipinski definition) is 4. The Morgan fingerprint density at radius 3 is 2.43 bits per heavy atom. The number of allylic oxidation sites excluding steroid dienone is 5. The second-order valence-corrected chi connectivity index (χ2v) is 19.5. The first-order chi connectivity index (χ1) is 16.7. The van der Waals surface area contributed by atoms with Crippen LogP contribution in [0.2, 0.25) is 11.5 Å². The minimum atomic E-state index is -2.81. The summed E-state index contributed by atoms with van der Waals surface area (Å²) in [5.74, 6) is 3.88. The van der Waals surface area contributed by atoms with Gasteiger partial charge in [-0.15, -0.1) is 0 Å². The fourth-order valence-corrected chi connectivity index (χ4v) is 12.2. The van der Waals surface area contributed by atoms with Crippen molar-refractivity contribution in [2.45, 2.75) is 23.7 Å². The third kappa shape index (κ3) is 3.54. The number of carboxylic acids is 1. The van der Waals surface area contributed by atoms with E-state index in [0.717, 1.165) is 33.7 Å². The van der Waals surface area contributed by atoms with Crippen LogP contribution in [-0.4, -0.2) is 83.2 Å². The van der Waals surface area contributed by atoms with Gasteiger partial charge >= 0.3 is 207 Å². The maximum absolute atomic E-state index is 12.2. The van der Waals surface area contributed by atoms with Crippen LogP contribution in [0.15, 0.2) is 70.7 Å². The van der Waals surface area contributed by atoms with E-state index in [2.05, 4.69) is 57.4 Å². The zero-order chi connectivity index (χ0) is 24.5. The number of aliphatic hydroxyl groups is 2. The zero-order valence-electron chi connectivity index (χ0n) is 19.9. The number of fused-ring (bicyclic) bond motifs is 2. The number of carbonyl (C=O) groups is 1. The number of aliphatic hydroxyl groups excluding tert-OH is 2. The molecule has 0 spiro atoms. The van der Waals surface area contributed by atoms with Crippen LogP contribution in [0.4, 0.5) is 5.69 Å². The van der Waals surface area contributed by atoms with E-state index < -0.39 is 19.2 Å². The molecule has 2 saturated heterocycles. The zero-order valence-corrected chi connectivity index (χ0v) is 22.0. The van der Waals surface area contributed by atoms with Gasteiger partial charge in [-0.2, -0.15) is 0 Å². The van der Waals surface area contributed by atoms with Crippen molar-refractivity contribution in [3.05, 3.63) is 87.4 Å². The van der Waals surface area contributed by atoms with Crippen molar-refractivity contribution in [3.8, 4) is 0 Å². The van der Waals surface area contributed by atoms with E-state index in [1.165, 1.54) is 8.80 Å². The number of benzene rings is 2. The number of anilines is 1. The summed E-state index contributed by atoms with van der Waals surface area (Å²) in [6.45, 7) is 2.57. The molecule has 35 heavy (non-hydrogen) atoms. The molecule has 0 unspecified atom stereocenters. The van der Waals surface area contributed by atoms with Gasteiger partial charge in [0.1, 0.15) is 0 Å². The van der Waals surface area contributed by atoms with E-state index >= 15 is 0 Å². The Hall–Kier alpha value is -2.94. The van der Waals surface area contributed by atoms with Gasteiger partial charge in [0.2, 0.25) is 0 Å². The number of rotatable bonds is 3. The summed E-state index contributed by atoms with van der Waals surface area (Å²) in [5.41, 5.74) is 6.48. The van der Waals surface area contributed by atoms with Gasteiger partial charge < -0.3 is 0 Å². The van der Waals surface area contributed by atoms with E-state index in [-0.39, 0.29) is 12.2 Å². The molecule has 6 rings (SSSR count).